The molecule has 4 aliphatic rings. The van der Waals surface area contributed by atoms with Crippen LogP contribution in [0.2, 0.25) is 0 Å². The molecule has 0 radical (unpaired) electrons. The summed E-state index contributed by atoms with van der Waals surface area (Å²) < 4.78 is 12.4. The molecule has 3 saturated carbocycles. The maximum Gasteiger partial charge on any atom is 0.246 e. The van der Waals surface area contributed by atoms with Gasteiger partial charge in [-0.15, -0.1) is 0 Å². The minimum absolute atomic E-state index is 0.0485. The summed E-state index contributed by atoms with van der Waals surface area (Å²) in [4.78, 5) is 24.3. The van der Waals surface area contributed by atoms with Gasteiger partial charge in [0.05, 0.1) is 11.7 Å². The molecule has 1 N–H and O–H groups in total. The van der Waals surface area contributed by atoms with E-state index in [0.717, 1.165) is 48.3 Å². The topological polar surface area (TPSA) is 64.6 Å². The van der Waals surface area contributed by atoms with Gasteiger partial charge in [-0.25, -0.2) is 0 Å². The number of hydrogen-bond acceptors (Lipinski definition) is 4. The van der Waals surface area contributed by atoms with Crippen LogP contribution in [0.3, 0.4) is 0 Å². The summed E-state index contributed by atoms with van der Waals surface area (Å²) in [6, 6.07) is 0. The number of allylic oxidation sites excluding steroid dienone is 1. The van der Waals surface area contributed by atoms with E-state index in [2.05, 4.69) is 46.0 Å². The van der Waals surface area contributed by atoms with Gasteiger partial charge < -0.3 is 19.6 Å². The number of amides is 1. The van der Waals surface area contributed by atoms with Crippen molar-refractivity contribution >= 4 is 11.7 Å². The molecule has 0 bridgehead atoms. The first-order chi connectivity index (χ1) is 21.5. The molecule has 0 heterocycles. The van der Waals surface area contributed by atoms with Gasteiger partial charge in [0, 0.05) is 18.6 Å². The highest BCUT2D eigenvalue weighted by molar-refractivity contribution is 5.78. The maximum atomic E-state index is 12.9. The number of rotatable bonds is 16. The number of fused-ring (bicyclic) bond motifs is 5. The SMILES string of the molecule is CC(=O)CCC(C)(C)OCCC(C)(C)NC(=O)COC1CC[C@@]2(C)C(=CC[C@H]3[C@@H]4CC[C@H]([C@H](C)CCCC(C)C)[C@@]4(C)CC[C@@H]32)C1. The molecule has 5 nitrogen and oxygen atoms in total. The van der Waals surface area contributed by atoms with Crippen LogP contribution < -0.4 is 5.32 Å². The van der Waals surface area contributed by atoms with Gasteiger partial charge in [0.25, 0.3) is 0 Å². The van der Waals surface area contributed by atoms with E-state index in [4.69, 9.17) is 9.47 Å². The predicted octanol–water partition coefficient (Wildman–Crippen LogP) is 9.86. The highest BCUT2D eigenvalue weighted by atomic mass is 16.5. The van der Waals surface area contributed by atoms with E-state index in [-0.39, 0.29) is 35.5 Å². The summed E-state index contributed by atoms with van der Waals surface area (Å²) >= 11 is 0. The van der Waals surface area contributed by atoms with Crippen LogP contribution in [0.1, 0.15) is 159 Å². The zero-order valence-electron chi connectivity index (χ0n) is 31.6. The summed E-state index contributed by atoms with van der Waals surface area (Å²) in [5.74, 6) is 5.26. The van der Waals surface area contributed by atoms with Crippen molar-refractivity contribution in [1.82, 2.24) is 5.32 Å². The third kappa shape index (κ3) is 9.07. The number of Topliss-reactive ketones (excluding diaryl/α,β-unsaturated/α-hetero) is 1. The first-order valence-electron chi connectivity index (χ1n) is 19.2. The van der Waals surface area contributed by atoms with E-state index in [1.54, 1.807) is 12.5 Å². The molecule has 4 aliphatic carbocycles. The second-order valence-electron chi connectivity index (χ2n) is 18.5. The number of hydrogen-bond donors (Lipinski definition) is 1. The van der Waals surface area contributed by atoms with Crippen molar-refractivity contribution in [2.24, 2.45) is 46.3 Å². The average molecular weight is 642 g/mol. The van der Waals surface area contributed by atoms with E-state index in [9.17, 15) is 9.59 Å². The van der Waals surface area contributed by atoms with Crippen molar-refractivity contribution in [1.29, 1.82) is 0 Å². The van der Waals surface area contributed by atoms with Gasteiger partial charge in [-0.05, 0) is 145 Å². The molecule has 8 atom stereocenters. The third-order valence-corrected chi connectivity index (χ3v) is 13.5. The van der Waals surface area contributed by atoms with Gasteiger partial charge in [0.1, 0.15) is 12.4 Å². The molecule has 4 rings (SSSR count). The quantitative estimate of drug-likeness (QED) is 0.170. The van der Waals surface area contributed by atoms with Crippen LogP contribution in [-0.4, -0.2) is 42.1 Å². The highest BCUT2D eigenvalue weighted by Crippen LogP contribution is 2.67. The van der Waals surface area contributed by atoms with Crippen LogP contribution in [0.15, 0.2) is 11.6 Å². The lowest BCUT2D eigenvalue weighted by molar-refractivity contribution is -0.131. The third-order valence-electron chi connectivity index (χ3n) is 13.5. The number of ether oxygens (including phenoxy) is 2. The van der Waals surface area contributed by atoms with Crippen LogP contribution in [0.4, 0.5) is 0 Å². The van der Waals surface area contributed by atoms with E-state index < -0.39 is 0 Å². The maximum absolute atomic E-state index is 12.9. The summed E-state index contributed by atoms with van der Waals surface area (Å²) in [7, 11) is 0. The monoisotopic (exact) mass is 642 g/mol. The number of ketones is 1. The average Bonchev–Trinajstić information content (AvgIpc) is 3.31. The van der Waals surface area contributed by atoms with Gasteiger partial charge >= 0.3 is 0 Å². The first kappa shape index (κ1) is 37.6. The molecular weight excluding hydrogens is 570 g/mol. The summed E-state index contributed by atoms with van der Waals surface area (Å²) in [6.45, 7) is 23.0. The van der Waals surface area contributed by atoms with Gasteiger partial charge in [-0.3, -0.25) is 4.79 Å². The molecule has 0 aromatic carbocycles. The fourth-order valence-corrected chi connectivity index (χ4v) is 10.6. The van der Waals surface area contributed by atoms with Crippen molar-refractivity contribution in [2.75, 3.05) is 13.2 Å². The Bertz CT molecular complexity index is 1080. The van der Waals surface area contributed by atoms with Gasteiger partial charge in [0.2, 0.25) is 5.91 Å². The van der Waals surface area contributed by atoms with Crippen LogP contribution >= 0.6 is 0 Å². The Morgan fingerprint density at radius 2 is 1.72 bits per heavy atom. The second-order valence-corrected chi connectivity index (χ2v) is 18.5. The molecule has 3 fully saturated rings. The van der Waals surface area contributed by atoms with Crippen molar-refractivity contribution in [3.63, 3.8) is 0 Å². The molecule has 5 heteroatoms. The number of nitrogens with one attached hydrogen (secondary N) is 1. The summed E-state index contributed by atoms with van der Waals surface area (Å²) in [5.41, 5.74) is 1.72. The first-order valence-corrected chi connectivity index (χ1v) is 19.2. The molecule has 0 saturated heterocycles. The number of carbonyl (C=O) groups excluding carboxylic acids is 2. The largest absolute Gasteiger partial charge is 0.375 e. The molecule has 264 valence electrons. The molecule has 0 aromatic rings. The van der Waals surface area contributed by atoms with E-state index in [1.807, 2.05) is 27.7 Å². The standard InChI is InChI=1S/C41H71NO4/c1-28(2)12-11-13-29(3)34-16-17-35-33-15-14-31-26-32(19-22-40(31,9)36(33)20-23-41(34,35)10)45-27-37(44)42-38(5,6)24-25-46-39(7,8)21-18-30(4)43/h14,28-29,32-36H,11-13,15-27H2,1-10H3,(H,42,44)/t29-,32?,33+,34-,35+,36+,40+,41-/m1/s1. The Morgan fingerprint density at radius 1 is 0.978 bits per heavy atom. The van der Waals surface area contributed by atoms with Gasteiger partial charge in [-0.2, -0.15) is 0 Å². The molecule has 46 heavy (non-hydrogen) atoms. The molecule has 0 aliphatic heterocycles. The Hall–Kier alpha value is -1.20. The van der Waals surface area contributed by atoms with E-state index >= 15 is 0 Å². The Kier molecular flexibility index (Phi) is 12.4. The van der Waals surface area contributed by atoms with Crippen molar-refractivity contribution in [3.05, 3.63) is 11.6 Å². The number of carbonyl (C=O) groups is 2. The predicted molar refractivity (Wildman–Crippen MR) is 190 cm³/mol. The molecular formula is C41H71NO4. The zero-order valence-corrected chi connectivity index (χ0v) is 31.6. The lowest BCUT2D eigenvalue weighted by Crippen LogP contribution is -2.51. The van der Waals surface area contributed by atoms with Crippen molar-refractivity contribution in [3.8, 4) is 0 Å². The van der Waals surface area contributed by atoms with Crippen molar-refractivity contribution < 1.29 is 19.1 Å². The van der Waals surface area contributed by atoms with Gasteiger partial charge in [-0.1, -0.05) is 65.5 Å². The van der Waals surface area contributed by atoms with E-state index in [1.165, 1.54) is 57.8 Å². The Labute approximate surface area is 283 Å². The minimum Gasteiger partial charge on any atom is -0.375 e. The Morgan fingerprint density at radius 3 is 2.41 bits per heavy atom. The smallest absolute Gasteiger partial charge is 0.246 e. The Balaban J connectivity index is 1.25. The minimum atomic E-state index is -0.385. The molecule has 0 aromatic heterocycles. The zero-order chi connectivity index (χ0) is 33.9. The second kappa shape index (κ2) is 15.1. The van der Waals surface area contributed by atoms with Crippen LogP contribution in [0.5, 0.6) is 0 Å². The summed E-state index contributed by atoms with van der Waals surface area (Å²) in [5, 5.41) is 3.17. The highest BCUT2D eigenvalue weighted by Gasteiger charge is 2.59. The molecule has 1 unspecified atom stereocenters. The fourth-order valence-electron chi connectivity index (χ4n) is 10.6. The van der Waals surface area contributed by atoms with Crippen LogP contribution in [-0.2, 0) is 19.1 Å². The van der Waals surface area contributed by atoms with Crippen LogP contribution in [0, 0.1) is 46.3 Å². The van der Waals surface area contributed by atoms with Gasteiger partial charge in [0.15, 0.2) is 0 Å². The molecule has 1 amide bonds. The lowest BCUT2D eigenvalue weighted by Gasteiger charge is -2.58. The van der Waals surface area contributed by atoms with E-state index in [0.29, 0.717) is 36.7 Å². The molecule has 0 spiro atoms. The normalized spacial score (nSPS) is 33.5. The lowest BCUT2D eigenvalue weighted by atomic mass is 9.47. The van der Waals surface area contributed by atoms with Crippen molar-refractivity contribution in [2.45, 2.75) is 176 Å². The van der Waals surface area contributed by atoms with Crippen LogP contribution in [0.25, 0.3) is 0 Å². The fraction of sp³-hybridized carbons (Fsp3) is 0.902. The summed E-state index contributed by atoms with van der Waals surface area (Å²) in [6.07, 6.45) is 19.0.